The number of rotatable bonds is 8. The quantitative estimate of drug-likeness (QED) is 0.141. The predicted molar refractivity (Wildman–Crippen MR) is 310 cm³/mol. The third kappa shape index (κ3) is 6.79. The fourth-order valence-electron chi connectivity index (χ4n) is 13.0. The Morgan fingerprint density at radius 2 is 1.07 bits per heavy atom. The number of hydrogen-bond acceptors (Lipinski definition) is 3. The zero-order chi connectivity index (χ0) is 58.9. The highest BCUT2D eigenvalue weighted by atomic mass is 15.2. The van der Waals surface area contributed by atoms with Crippen molar-refractivity contribution >= 4 is 68.6 Å². The van der Waals surface area contributed by atoms with Gasteiger partial charge in [-0.3, -0.25) is 0 Å². The zero-order valence-corrected chi connectivity index (χ0v) is 43.0. The first-order chi connectivity index (χ1) is 39.3. The minimum atomic E-state index is -0.625. The minimum absolute atomic E-state index is 0.0323. The molecule has 1 aliphatic carbocycles. The molecule has 358 valence electrons. The van der Waals surface area contributed by atoms with Crippen molar-refractivity contribution in [3.05, 3.63) is 257 Å². The summed E-state index contributed by atoms with van der Waals surface area (Å²) in [5, 5.41) is 0. The molecule has 0 amide bonds. The maximum Gasteiger partial charge on any atom is 0.252 e. The molecule has 0 radical (unpaired) electrons. The van der Waals surface area contributed by atoms with E-state index in [1.807, 2.05) is 24.3 Å². The topological polar surface area (TPSA) is 9.72 Å². The Hall–Kier alpha value is -7.56. The molecule has 73 heavy (non-hydrogen) atoms. The molecule has 3 aliphatic heterocycles. The van der Waals surface area contributed by atoms with Crippen molar-refractivity contribution in [1.29, 1.82) is 0 Å². The van der Waals surface area contributed by atoms with Crippen LogP contribution in [0.15, 0.2) is 212 Å². The van der Waals surface area contributed by atoms with Gasteiger partial charge in [-0.2, -0.15) is 0 Å². The summed E-state index contributed by atoms with van der Waals surface area (Å²) < 4.78 is 92.4. The lowest BCUT2D eigenvalue weighted by molar-refractivity contribution is 0.420. The molecule has 3 heterocycles. The van der Waals surface area contributed by atoms with Crippen LogP contribution in [-0.4, -0.2) is 6.71 Å². The van der Waals surface area contributed by atoms with E-state index >= 15 is 0 Å². The Labute approximate surface area is 447 Å². The first-order valence-electron chi connectivity index (χ1n) is 30.6. The largest absolute Gasteiger partial charge is 0.334 e. The number of anilines is 8. The summed E-state index contributed by atoms with van der Waals surface area (Å²) in [6.45, 7) is 20.1. The van der Waals surface area contributed by atoms with E-state index in [1.165, 1.54) is 32.6 Å². The van der Waals surface area contributed by atoms with Crippen LogP contribution in [0.2, 0.25) is 0 Å². The molecule has 2 atom stereocenters. The van der Waals surface area contributed by atoms with Crippen LogP contribution in [0, 0.1) is 0 Å². The van der Waals surface area contributed by atoms with Crippen molar-refractivity contribution in [3.8, 4) is 0 Å². The number of fused-ring (bicyclic) bond motifs is 9. The van der Waals surface area contributed by atoms with E-state index in [9.17, 15) is 5.48 Å². The Balaban J connectivity index is 1.22. The Morgan fingerprint density at radius 1 is 0.493 bits per heavy atom. The van der Waals surface area contributed by atoms with Gasteiger partial charge >= 0.3 is 0 Å². The van der Waals surface area contributed by atoms with Crippen molar-refractivity contribution in [1.82, 2.24) is 0 Å². The monoisotopic (exact) mass is 956 g/mol. The van der Waals surface area contributed by atoms with Crippen LogP contribution in [0.25, 0.3) is 0 Å². The molecular formula is C69H64BN3. The van der Waals surface area contributed by atoms with E-state index in [0.717, 1.165) is 61.6 Å². The van der Waals surface area contributed by atoms with Gasteiger partial charge in [0.1, 0.15) is 0 Å². The summed E-state index contributed by atoms with van der Waals surface area (Å²) in [7, 11) is 0. The number of hydrogen-bond donors (Lipinski definition) is 0. The van der Waals surface area contributed by atoms with Crippen LogP contribution in [0.4, 0.5) is 45.5 Å². The maximum absolute atomic E-state index is 9.65. The highest BCUT2D eigenvalue weighted by Crippen LogP contribution is 2.66. The second kappa shape index (κ2) is 16.2. The molecule has 13 rings (SSSR count). The van der Waals surface area contributed by atoms with Crippen LogP contribution < -0.4 is 31.1 Å². The average Bonchev–Trinajstić information content (AvgIpc) is 1.68. The fraction of sp³-hybridized carbons (Fsp3) is 0.217. The van der Waals surface area contributed by atoms with E-state index in [2.05, 4.69) is 200 Å². The van der Waals surface area contributed by atoms with Gasteiger partial charge in [-0.25, -0.2) is 0 Å². The van der Waals surface area contributed by atoms with Crippen LogP contribution in [0.3, 0.4) is 0 Å². The van der Waals surface area contributed by atoms with Gasteiger partial charge in [0.15, 0.2) is 0 Å². The Kier molecular flexibility index (Phi) is 7.90. The second-order valence-corrected chi connectivity index (χ2v) is 23.1. The van der Waals surface area contributed by atoms with Gasteiger partial charge in [0.05, 0.1) is 25.4 Å². The summed E-state index contributed by atoms with van der Waals surface area (Å²) in [5.41, 5.74) is 14.9. The number of para-hydroxylation sites is 2. The van der Waals surface area contributed by atoms with Gasteiger partial charge in [-0.05, 0) is 126 Å². The van der Waals surface area contributed by atoms with Gasteiger partial charge in [-0.1, -0.05) is 220 Å². The van der Waals surface area contributed by atoms with Gasteiger partial charge < -0.3 is 14.7 Å². The van der Waals surface area contributed by atoms with E-state index in [0.29, 0.717) is 0 Å². The second-order valence-electron chi connectivity index (χ2n) is 23.1. The Morgan fingerprint density at radius 3 is 1.70 bits per heavy atom. The average molecular weight is 956 g/mol. The van der Waals surface area contributed by atoms with Crippen LogP contribution in [-0.2, 0) is 21.7 Å². The lowest BCUT2D eigenvalue weighted by Crippen LogP contribution is -2.62. The molecule has 0 fully saturated rings. The molecule has 0 bridgehead atoms. The van der Waals surface area contributed by atoms with Gasteiger partial charge in [0, 0.05) is 56.6 Å². The number of nitrogens with zero attached hydrogens (tertiary/aromatic N) is 3. The van der Waals surface area contributed by atoms with Crippen molar-refractivity contribution < 1.29 is 13.7 Å². The molecule has 0 N–H and O–H groups in total. The SMILES string of the molecule is [2H]c1c([2H])c([2H])c(N(c2cc3c4c(c2)N2c5c(cc(C(C)(C)C)cc5C5C2c2ccccc2C5(C)C)B4c2ccc(C(C)(C)c4ccccc4)cc2N3c2cccc(C(C)(C)c3ccccc3)c2)c2c([2H])c([2H])c([2H])c([2H])c2[2H])c([2H])c1[2H]. The summed E-state index contributed by atoms with van der Waals surface area (Å²) in [6.07, 6.45) is 0. The summed E-state index contributed by atoms with van der Waals surface area (Å²) in [6, 6.07) is 47.7. The highest BCUT2D eigenvalue weighted by Gasteiger charge is 2.58. The maximum atomic E-state index is 9.65. The van der Waals surface area contributed by atoms with Crippen LogP contribution in [0.5, 0.6) is 0 Å². The van der Waals surface area contributed by atoms with Crippen molar-refractivity contribution in [2.45, 2.75) is 95.9 Å². The highest BCUT2D eigenvalue weighted by molar-refractivity contribution is 7.00. The predicted octanol–water partition coefficient (Wildman–Crippen LogP) is 16.0. The fourth-order valence-corrected chi connectivity index (χ4v) is 13.0. The lowest BCUT2D eigenvalue weighted by Gasteiger charge is -2.46. The summed E-state index contributed by atoms with van der Waals surface area (Å²) >= 11 is 0. The molecular weight excluding hydrogens is 882 g/mol. The summed E-state index contributed by atoms with van der Waals surface area (Å²) in [5.74, 6) is -0.0323. The molecule has 0 saturated carbocycles. The van der Waals surface area contributed by atoms with E-state index in [1.54, 1.807) is 0 Å². The molecule has 0 saturated heterocycles. The minimum Gasteiger partial charge on any atom is -0.334 e. The van der Waals surface area contributed by atoms with Gasteiger partial charge in [-0.15, -0.1) is 0 Å². The standard InChI is InChI=1S/C69H64BN3/c1-66(2,3)49-40-55-62-65(54-35-22-23-36-56(54)69(62,8)9)73-61-44-53(71(50-30-18-12-19-31-50)51-32-20-13-21-33-51)43-60-63(61)70(58(41-49)64(55)73)57-38-37-48(68(6,7)46-27-16-11-17-28-46)42-59(57)72(60)52-34-24-29-47(39-52)67(4,5)45-25-14-10-15-26-45/h10-44,62,65H,1-9H3/i12D,13D,18D,19D,20D,21D,30D,31D,32D,33D. The first-order valence-corrected chi connectivity index (χ1v) is 25.6. The van der Waals surface area contributed by atoms with E-state index < -0.39 is 71.3 Å². The molecule has 3 nitrogen and oxygen atoms in total. The zero-order valence-electron chi connectivity index (χ0n) is 53.0. The van der Waals surface area contributed by atoms with Crippen molar-refractivity contribution in [2.75, 3.05) is 14.7 Å². The van der Waals surface area contributed by atoms with Crippen molar-refractivity contribution in [3.63, 3.8) is 0 Å². The molecule has 0 aromatic heterocycles. The molecule has 9 aromatic carbocycles. The molecule has 4 heteroatoms. The van der Waals surface area contributed by atoms with Crippen LogP contribution in [0.1, 0.15) is 132 Å². The van der Waals surface area contributed by atoms with Crippen LogP contribution >= 0.6 is 0 Å². The smallest absolute Gasteiger partial charge is 0.252 e. The molecule has 0 spiro atoms. The van der Waals surface area contributed by atoms with E-state index in [-0.39, 0.29) is 46.6 Å². The third-order valence-electron chi connectivity index (χ3n) is 17.0. The molecule has 9 aromatic rings. The Bertz CT molecular complexity index is 4100. The van der Waals surface area contributed by atoms with Crippen molar-refractivity contribution in [2.24, 2.45) is 0 Å². The van der Waals surface area contributed by atoms with Gasteiger partial charge in [0.2, 0.25) is 0 Å². The van der Waals surface area contributed by atoms with Gasteiger partial charge in [0.25, 0.3) is 6.71 Å². The summed E-state index contributed by atoms with van der Waals surface area (Å²) in [4.78, 5) is 6.13. The first kappa shape index (κ1) is 35.5. The molecule has 4 aliphatic rings. The lowest BCUT2D eigenvalue weighted by atomic mass is 9.33. The van der Waals surface area contributed by atoms with E-state index in [4.69, 9.17) is 8.22 Å². The number of benzene rings is 9. The third-order valence-corrected chi connectivity index (χ3v) is 17.0. The molecule has 2 unspecified atom stereocenters. The normalized spacial score (nSPS) is 18.8.